The van der Waals surface area contributed by atoms with Gasteiger partial charge in [-0.2, -0.15) is 0 Å². The summed E-state index contributed by atoms with van der Waals surface area (Å²) in [5.41, 5.74) is 1.64. The van der Waals surface area contributed by atoms with Gasteiger partial charge in [0.1, 0.15) is 0 Å². The highest BCUT2D eigenvalue weighted by molar-refractivity contribution is 6.69. The zero-order chi connectivity index (χ0) is 15.4. The maximum absolute atomic E-state index is 11.9. The summed E-state index contributed by atoms with van der Waals surface area (Å²) >= 11 is 0. The zero-order valence-electron chi connectivity index (χ0n) is 11.9. The highest BCUT2D eigenvalue weighted by Gasteiger charge is 2.26. The van der Waals surface area contributed by atoms with Crippen molar-refractivity contribution in [1.29, 1.82) is 0 Å². The number of hydrogen-bond donors (Lipinski definition) is 0. The number of hydrogen-bond acceptors (Lipinski definition) is 4. The van der Waals surface area contributed by atoms with Gasteiger partial charge in [-0.25, -0.2) is 19.8 Å². The van der Waals surface area contributed by atoms with Gasteiger partial charge in [0.2, 0.25) is 0 Å². The fraction of sp³-hybridized carbons (Fsp3) is 0.0588. The molecule has 108 valence electrons. The number of nitrogens with zero attached hydrogens (tertiary/aromatic N) is 3. The van der Waals surface area contributed by atoms with Gasteiger partial charge in [-0.3, -0.25) is 0 Å². The van der Waals surface area contributed by atoms with Crippen molar-refractivity contribution in [2.75, 3.05) is 7.11 Å². The first-order chi connectivity index (χ1) is 10.8. The molecule has 0 amide bonds. The fourth-order valence-electron chi connectivity index (χ4n) is 1.99. The third kappa shape index (κ3) is 2.83. The molecule has 22 heavy (non-hydrogen) atoms. The van der Waals surface area contributed by atoms with Crippen molar-refractivity contribution in [3.63, 3.8) is 0 Å². The van der Waals surface area contributed by atoms with Crippen LogP contribution in [-0.4, -0.2) is 30.5 Å². The monoisotopic (exact) mass is 291 g/mol. The fourth-order valence-corrected chi connectivity index (χ4v) is 1.99. The molecule has 2 aromatic rings. The molecular weight excluding hydrogens is 278 g/mol. The lowest BCUT2D eigenvalue weighted by molar-refractivity contribution is -0.132. The van der Waals surface area contributed by atoms with Crippen molar-refractivity contribution >= 4 is 29.0 Å². The molecule has 1 aliphatic rings. The van der Waals surface area contributed by atoms with Crippen molar-refractivity contribution in [2.24, 2.45) is 15.0 Å². The van der Waals surface area contributed by atoms with E-state index in [1.165, 1.54) is 7.11 Å². The van der Waals surface area contributed by atoms with Gasteiger partial charge < -0.3 is 4.74 Å². The Morgan fingerprint density at radius 1 is 0.955 bits per heavy atom. The number of para-hydroxylation sites is 1. The molecule has 0 saturated carbocycles. The number of rotatable bonds is 3. The minimum absolute atomic E-state index is 0.116. The molecule has 1 aliphatic heterocycles. The van der Waals surface area contributed by atoms with Gasteiger partial charge in [-0.1, -0.05) is 48.5 Å². The number of aliphatic imine (C=N–C) groups is 3. The van der Waals surface area contributed by atoms with Crippen LogP contribution in [-0.2, 0) is 9.53 Å². The Balaban J connectivity index is 2.04. The summed E-state index contributed by atoms with van der Waals surface area (Å²) in [5.74, 6) is 0.164. The topological polar surface area (TPSA) is 63.4 Å². The second-order valence-corrected chi connectivity index (χ2v) is 4.52. The summed E-state index contributed by atoms with van der Waals surface area (Å²) in [6, 6.07) is 18.7. The number of amidine groups is 2. The smallest absolute Gasteiger partial charge is 0.360 e. The van der Waals surface area contributed by atoms with E-state index in [9.17, 15) is 4.79 Å². The third-order valence-electron chi connectivity index (χ3n) is 3.04. The SMILES string of the molecule is COC(=O)C1=NC(c2ccccc2)=NC1=Nc1ccccc1. The van der Waals surface area contributed by atoms with E-state index >= 15 is 0 Å². The van der Waals surface area contributed by atoms with Crippen LogP contribution in [0.5, 0.6) is 0 Å². The molecule has 0 radical (unpaired) electrons. The molecule has 3 rings (SSSR count). The first-order valence-electron chi connectivity index (χ1n) is 6.73. The van der Waals surface area contributed by atoms with Crippen LogP contribution in [0.15, 0.2) is 75.6 Å². The summed E-state index contributed by atoms with van der Waals surface area (Å²) in [6.45, 7) is 0. The highest BCUT2D eigenvalue weighted by Crippen LogP contribution is 2.16. The molecule has 0 unspecified atom stereocenters. The van der Waals surface area contributed by atoms with Gasteiger partial charge in [0.05, 0.1) is 12.8 Å². The largest absolute Gasteiger partial charge is 0.464 e. The summed E-state index contributed by atoms with van der Waals surface area (Å²) in [5, 5.41) is 0. The van der Waals surface area contributed by atoms with Crippen LogP contribution in [0.4, 0.5) is 5.69 Å². The van der Waals surface area contributed by atoms with Crippen LogP contribution < -0.4 is 0 Å². The summed E-state index contributed by atoms with van der Waals surface area (Å²) in [4.78, 5) is 24.9. The average Bonchev–Trinajstić information content (AvgIpc) is 3.00. The van der Waals surface area contributed by atoms with Gasteiger partial charge in [0, 0.05) is 5.56 Å². The summed E-state index contributed by atoms with van der Waals surface area (Å²) in [7, 11) is 1.31. The molecular formula is C17H13N3O2. The number of benzene rings is 2. The van der Waals surface area contributed by atoms with Gasteiger partial charge in [-0.15, -0.1) is 0 Å². The maximum atomic E-state index is 11.9. The highest BCUT2D eigenvalue weighted by atomic mass is 16.5. The number of esters is 1. The Hall–Kier alpha value is -3.08. The van der Waals surface area contributed by atoms with Gasteiger partial charge in [-0.05, 0) is 12.1 Å². The second kappa shape index (κ2) is 6.13. The van der Waals surface area contributed by atoms with Crippen LogP contribution in [0.1, 0.15) is 5.56 Å². The predicted octanol–water partition coefficient (Wildman–Crippen LogP) is 2.79. The van der Waals surface area contributed by atoms with Crippen LogP contribution in [0.25, 0.3) is 0 Å². The lowest BCUT2D eigenvalue weighted by Crippen LogP contribution is -2.21. The minimum Gasteiger partial charge on any atom is -0.464 e. The van der Waals surface area contributed by atoms with Gasteiger partial charge in [0.25, 0.3) is 0 Å². The standard InChI is InChI=1S/C17H13N3O2/c1-22-17(21)14-16(18-13-10-6-3-7-11-13)20-15(19-14)12-8-4-2-5-9-12/h2-11H,1H3. The number of methoxy groups -OCH3 is 1. The van der Waals surface area contributed by atoms with E-state index in [0.29, 0.717) is 11.5 Å². The molecule has 0 aliphatic carbocycles. The zero-order valence-corrected chi connectivity index (χ0v) is 11.9. The van der Waals surface area contributed by atoms with Gasteiger partial charge >= 0.3 is 5.97 Å². The van der Waals surface area contributed by atoms with Crippen molar-refractivity contribution < 1.29 is 9.53 Å². The maximum Gasteiger partial charge on any atom is 0.360 e. The van der Waals surface area contributed by atoms with Gasteiger partial charge in [0.15, 0.2) is 17.4 Å². The molecule has 0 N–H and O–H groups in total. The van der Waals surface area contributed by atoms with E-state index < -0.39 is 5.97 Å². The molecule has 0 atom stereocenters. The molecule has 5 heteroatoms. The van der Waals surface area contributed by atoms with Crippen LogP contribution >= 0.6 is 0 Å². The molecule has 0 saturated heterocycles. The van der Waals surface area contributed by atoms with Crippen LogP contribution in [0, 0.1) is 0 Å². The average molecular weight is 291 g/mol. The quantitative estimate of drug-likeness (QED) is 0.816. The van der Waals surface area contributed by atoms with E-state index in [0.717, 1.165) is 5.56 Å². The van der Waals surface area contributed by atoms with Crippen molar-refractivity contribution in [1.82, 2.24) is 0 Å². The van der Waals surface area contributed by atoms with E-state index in [4.69, 9.17) is 4.74 Å². The van der Waals surface area contributed by atoms with Crippen LogP contribution in [0.3, 0.4) is 0 Å². The van der Waals surface area contributed by atoms with E-state index in [-0.39, 0.29) is 11.5 Å². The normalized spacial score (nSPS) is 15.4. The number of ether oxygens (including phenoxy) is 1. The van der Waals surface area contributed by atoms with Crippen molar-refractivity contribution in [3.05, 3.63) is 66.2 Å². The third-order valence-corrected chi connectivity index (χ3v) is 3.04. The Morgan fingerprint density at radius 2 is 1.59 bits per heavy atom. The minimum atomic E-state index is -0.552. The van der Waals surface area contributed by atoms with Crippen molar-refractivity contribution in [3.8, 4) is 0 Å². The Labute approximate surface area is 127 Å². The first kappa shape index (κ1) is 13.9. The van der Waals surface area contributed by atoms with E-state index in [1.807, 2.05) is 60.7 Å². The molecule has 2 aromatic carbocycles. The van der Waals surface area contributed by atoms with Crippen molar-refractivity contribution in [2.45, 2.75) is 0 Å². The predicted molar refractivity (Wildman–Crippen MR) is 86.0 cm³/mol. The van der Waals surface area contributed by atoms with Crippen LogP contribution in [0.2, 0.25) is 0 Å². The molecule has 0 spiro atoms. The Bertz CT molecular complexity index is 778. The number of carbonyl (C=O) groups is 1. The summed E-state index contributed by atoms with van der Waals surface area (Å²) in [6.07, 6.45) is 0. The lowest BCUT2D eigenvalue weighted by atomic mass is 10.2. The van der Waals surface area contributed by atoms with E-state index in [1.54, 1.807) is 0 Å². The summed E-state index contributed by atoms with van der Waals surface area (Å²) < 4.78 is 4.76. The lowest BCUT2D eigenvalue weighted by Gasteiger charge is -1.98. The molecule has 0 aromatic heterocycles. The Kier molecular flexibility index (Phi) is 3.87. The molecule has 0 fully saturated rings. The van der Waals surface area contributed by atoms with E-state index in [2.05, 4.69) is 15.0 Å². The second-order valence-electron chi connectivity index (χ2n) is 4.52. The Morgan fingerprint density at radius 3 is 2.23 bits per heavy atom. The molecule has 5 nitrogen and oxygen atoms in total. The number of carbonyl (C=O) groups excluding carboxylic acids is 1. The molecule has 0 bridgehead atoms. The first-order valence-corrected chi connectivity index (χ1v) is 6.73. The molecule has 1 heterocycles.